The van der Waals surface area contributed by atoms with Gasteiger partial charge in [-0.25, -0.2) is 0 Å². The molecule has 3 rings (SSSR count). The highest BCUT2D eigenvalue weighted by molar-refractivity contribution is 5.99. The molecule has 0 spiro atoms. The molecule has 1 aliphatic rings. The Bertz CT molecular complexity index is 620. The second kappa shape index (κ2) is 4.18. The van der Waals surface area contributed by atoms with Gasteiger partial charge in [-0.3, -0.25) is 4.79 Å². The Labute approximate surface area is 105 Å². The van der Waals surface area contributed by atoms with Crippen molar-refractivity contribution in [3.8, 4) is 16.9 Å². The van der Waals surface area contributed by atoms with Crippen molar-refractivity contribution in [2.24, 2.45) is 0 Å². The summed E-state index contributed by atoms with van der Waals surface area (Å²) >= 11 is 0. The van der Waals surface area contributed by atoms with Gasteiger partial charge in [0.25, 0.3) is 0 Å². The summed E-state index contributed by atoms with van der Waals surface area (Å²) < 4.78 is 5.22. The third kappa shape index (κ3) is 1.84. The normalized spacial score (nSPS) is 13.1. The Kier molecular flexibility index (Phi) is 2.52. The van der Waals surface area contributed by atoms with Crippen molar-refractivity contribution in [2.45, 2.75) is 6.42 Å². The van der Waals surface area contributed by atoms with Crippen LogP contribution in [0.1, 0.15) is 5.56 Å². The van der Waals surface area contributed by atoms with Gasteiger partial charge >= 0.3 is 0 Å². The number of anilines is 1. The molecular weight excluding hydrogens is 226 g/mol. The Morgan fingerprint density at radius 1 is 1.11 bits per heavy atom. The van der Waals surface area contributed by atoms with Crippen LogP contribution < -0.4 is 10.1 Å². The molecule has 0 saturated carbocycles. The van der Waals surface area contributed by atoms with E-state index in [1.807, 2.05) is 36.4 Å². The number of rotatable bonds is 2. The van der Waals surface area contributed by atoms with E-state index in [-0.39, 0.29) is 5.91 Å². The Balaban J connectivity index is 2.02. The molecule has 0 bridgehead atoms. The molecule has 18 heavy (non-hydrogen) atoms. The van der Waals surface area contributed by atoms with Gasteiger partial charge in [0.05, 0.1) is 13.5 Å². The first kappa shape index (κ1) is 10.8. The molecule has 0 aliphatic carbocycles. The van der Waals surface area contributed by atoms with E-state index >= 15 is 0 Å². The van der Waals surface area contributed by atoms with E-state index < -0.39 is 0 Å². The average Bonchev–Trinajstić information content (AvgIpc) is 2.77. The molecule has 0 unspecified atom stereocenters. The third-order valence-electron chi connectivity index (χ3n) is 3.13. The lowest BCUT2D eigenvalue weighted by Gasteiger charge is -2.06. The monoisotopic (exact) mass is 239 g/mol. The number of benzene rings is 2. The molecule has 0 aromatic heterocycles. The smallest absolute Gasteiger partial charge is 0.228 e. The Morgan fingerprint density at radius 2 is 1.94 bits per heavy atom. The van der Waals surface area contributed by atoms with E-state index in [0.717, 1.165) is 28.1 Å². The number of ether oxygens (including phenoxy) is 1. The summed E-state index contributed by atoms with van der Waals surface area (Å²) in [6.07, 6.45) is 0.465. The zero-order valence-corrected chi connectivity index (χ0v) is 10.1. The van der Waals surface area contributed by atoms with Gasteiger partial charge in [-0.1, -0.05) is 18.2 Å². The summed E-state index contributed by atoms with van der Waals surface area (Å²) in [5, 5.41) is 2.83. The zero-order valence-electron chi connectivity index (χ0n) is 10.1. The highest BCUT2D eigenvalue weighted by Gasteiger charge is 2.17. The molecule has 0 saturated heterocycles. The minimum Gasteiger partial charge on any atom is -0.497 e. The highest BCUT2D eigenvalue weighted by Crippen LogP contribution is 2.30. The molecule has 0 fully saturated rings. The first-order valence-electron chi connectivity index (χ1n) is 5.83. The Morgan fingerprint density at radius 3 is 2.78 bits per heavy atom. The number of methoxy groups -OCH3 is 1. The SMILES string of the molecule is COc1cccc(-c2ccc3c(c2)CC(=O)N3)c1. The van der Waals surface area contributed by atoms with Gasteiger partial charge < -0.3 is 10.1 Å². The lowest BCUT2D eigenvalue weighted by molar-refractivity contribution is -0.115. The van der Waals surface area contributed by atoms with E-state index in [0.29, 0.717) is 6.42 Å². The van der Waals surface area contributed by atoms with Crippen LogP contribution in [0.2, 0.25) is 0 Å². The summed E-state index contributed by atoms with van der Waals surface area (Å²) in [4.78, 5) is 11.3. The number of hydrogen-bond acceptors (Lipinski definition) is 2. The molecule has 0 radical (unpaired) electrons. The summed E-state index contributed by atoms with van der Waals surface area (Å²) in [7, 11) is 1.66. The molecule has 2 aromatic carbocycles. The van der Waals surface area contributed by atoms with Gasteiger partial charge in [0.1, 0.15) is 5.75 Å². The number of amides is 1. The molecule has 3 heteroatoms. The van der Waals surface area contributed by atoms with Gasteiger partial charge in [0.2, 0.25) is 5.91 Å². The van der Waals surface area contributed by atoms with Crippen LogP contribution in [0.3, 0.4) is 0 Å². The van der Waals surface area contributed by atoms with E-state index in [1.165, 1.54) is 0 Å². The van der Waals surface area contributed by atoms with E-state index in [2.05, 4.69) is 11.4 Å². The number of carbonyl (C=O) groups is 1. The number of hydrogen-bond donors (Lipinski definition) is 1. The molecule has 1 heterocycles. The predicted molar refractivity (Wildman–Crippen MR) is 70.8 cm³/mol. The molecule has 2 aromatic rings. The average molecular weight is 239 g/mol. The van der Waals surface area contributed by atoms with Crippen LogP contribution in [-0.4, -0.2) is 13.0 Å². The standard InChI is InChI=1S/C15H13NO2/c1-18-13-4-2-3-10(8-13)11-5-6-14-12(7-11)9-15(17)16-14/h2-8H,9H2,1H3,(H,16,17). The molecule has 1 aliphatic heterocycles. The molecular formula is C15H13NO2. The number of fused-ring (bicyclic) bond motifs is 1. The lowest BCUT2D eigenvalue weighted by Crippen LogP contribution is -2.03. The minimum absolute atomic E-state index is 0.0628. The maximum atomic E-state index is 11.3. The third-order valence-corrected chi connectivity index (χ3v) is 3.13. The first-order valence-corrected chi connectivity index (χ1v) is 5.83. The quantitative estimate of drug-likeness (QED) is 0.875. The zero-order chi connectivity index (χ0) is 12.5. The second-order valence-corrected chi connectivity index (χ2v) is 4.33. The van der Waals surface area contributed by atoms with Crippen LogP contribution in [0.5, 0.6) is 5.75 Å². The van der Waals surface area contributed by atoms with Gasteiger partial charge in [-0.2, -0.15) is 0 Å². The fraction of sp³-hybridized carbons (Fsp3) is 0.133. The highest BCUT2D eigenvalue weighted by atomic mass is 16.5. The summed E-state index contributed by atoms with van der Waals surface area (Å²) in [5.41, 5.74) is 4.17. The van der Waals surface area contributed by atoms with Crippen LogP contribution in [0.4, 0.5) is 5.69 Å². The first-order chi connectivity index (χ1) is 8.76. The summed E-state index contributed by atoms with van der Waals surface area (Å²) in [5.74, 6) is 0.898. The second-order valence-electron chi connectivity index (χ2n) is 4.33. The van der Waals surface area contributed by atoms with Gasteiger partial charge in [-0.05, 0) is 41.0 Å². The van der Waals surface area contributed by atoms with Crippen LogP contribution in [0, 0.1) is 0 Å². The van der Waals surface area contributed by atoms with Gasteiger partial charge in [-0.15, -0.1) is 0 Å². The van der Waals surface area contributed by atoms with Crippen LogP contribution in [0.25, 0.3) is 11.1 Å². The predicted octanol–water partition coefficient (Wildman–Crippen LogP) is 2.86. The minimum atomic E-state index is 0.0628. The fourth-order valence-electron chi connectivity index (χ4n) is 2.21. The van der Waals surface area contributed by atoms with Crippen LogP contribution >= 0.6 is 0 Å². The van der Waals surface area contributed by atoms with Gasteiger partial charge in [0, 0.05) is 5.69 Å². The van der Waals surface area contributed by atoms with E-state index in [4.69, 9.17) is 4.74 Å². The largest absolute Gasteiger partial charge is 0.497 e. The molecule has 90 valence electrons. The Hall–Kier alpha value is -2.29. The maximum absolute atomic E-state index is 11.3. The van der Waals surface area contributed by atoms with Crippen molar-refractivity contribution in [1.29, 1.82) is 0 Å². The maximum Gasteiger partial charge on any atom is 0.228 e. The van der Waals surface area contributed by atoms with E-state index in [9.17, 15) is 4.79 Å². The summed E-state index contributed by atoms with van der Waals surface area (Å²) in [6, 6.07) is 13.9. The van der Waals surface area contributed by atoms with Crippen molar-refractivity contribution >= 4 is 11.6 Å². The molecule has 1 N–H and O–H groups in total. The number of nitrogens with one attached hydrogen (secondary N) is 1. The lowest BCUT2D eigenvalue weighted by atomic mass is 10.0. The van der Waals surface area contributed by atoms with Gasteiger partial charge in [0.15, 0.2) is 0 Å². The van der Waals surface area contributed by atoms with E-state index in [1.54, 1.807) is 7.11 Å². The number of carbonyl (C=O) groups excluding carboxylic acids is 1. The van der Waals surface area contributed by atoms with Crippen molar-refractivity contribution in [1.82, 2.24) is 0 Å². The topological polar surface area (TPSA) is 38.3 Å². The van der Waals surface area contributed by atoms with Crippen molar-refractivity contribution < 1.29 is 9.53 Å². The summed E-state index contributed by atoms with van der Waals surface area (Å²) in [6.45, 7) is 0. The van der Waals surface area contributed by atoms with Crippen molar-refractivity contribution in [3.05, 3.63) is 48.0 Å². The fourth-order valence-corrected chi connectivity index (χ4v) is 2.21. The molecule has 0 atom stereocenters. The van der Waals surface area contributed by atoms with Crippen LogP contribution in [0.15, 0.2) is 42.5 Å². The molecule has 1 amide bonds. The van der Waals surface area contributed by atoms with Crippen molar-refractivity contribution in [2.75, 3.05) is 12.4 Å². The van der Waals surface area contributed by atoms with Crippen molar-refractivity contribution in [3.63, 3.8) is 0 Å². The van der Waals surface area contributed by atoms with Crippen LogP contribution in [-0.2, 0) is 11.2 Å². The molecule has 3 nitrogen and oxygen atoms in total.